The number of esters is 1. The summed E-state index contributed by atoms with van der Waals surface area (Å²) < 4.78 is 5.02. The van der Waals surface area contributed by atoms with Crippen molar-refractivity contribution in [3.63, 3.8) is 0 Å². The Morgan fingerprint density at radius 2 is 1.77 bits per heavy atom. The number of anilines is 1. The zero-order chi connectivity index (χ0) is 18.9. The second-order valence-corrected chi connectivity index (χ2v) is 5.95. The molecule has 0 aliphatic carbocycles. The molecule has 6 nitrogen and oxygen atoms in total. The van der Waals surface area contributed by atoms with Gasteiger partial charge in [0.25, 0.3) is 5.91 Å². The lowest BCUT2D eigenvalue weighted by atomic mass is 10.0. The van der Waals surface area contributed by atoms with Crippen molar-refractivity contribution in [3.8, 4) is 0 Å². The summed E-state index contributed by atoms with van der Waals surface area (Å²) >= 11 is 0. The summed E-state index contributed by atoms with van der Waals surface area (Å²) in [6, 6.07) is 16.2. The van der Waals surface area contributed by atoms with Crippen LogP contribution in [0, 0.1) is 0 Å². The van der Waals surface area contributed by atoms with Crippen LogP contribution in [0.15, 0.2) is 54.6 Å². The van der Waals surface area contributed by atoms with Crippen molar-refractivity contribution in [3.05, 3.63) is 65.7 Å². The molecule has 0 fully saturated rings. The third-order valence-corrected chi connectivity index (χ3v) is 3.73. The van der Waals surface area contributed by atoms with Gasteiger partial charge in [-0.2, -0.15) is 0 Å². The first-order valence-electron chi connectivity index (χ1n) is 8.32. The maximum Gasteiger partial charge on any atom is 0.338 e. The SMILES string of the molecule is CC(=O)Nc1cccc(C(=O)OCC(=O)NC[C@@H](C)c2ccccc2)c1. The first-order valence-corrected chi connectivity index (χ1v) is 8.32. The molecule has 2 N–H and O–H groups in total. The van der Waals surface area contributed by atoms with Gasteiger partial charge in [-0.25, -0.2) is 4.79 Å². The number of benzene rings is 2. The van der Waals surface area contributed by atoms with Crippen molar-refractivity contribution in [2.24, 2.45) is 0 Å². The highest BCUT2D eigenvalue weighted by Gasteiger charge is 2.12. The van der Waals surface area contributed by atoms with Crippen LogP contribution < -0.4 is 10.6 Å². The van der Waals surface area contributed by atoms with Gasteiger partial charge in [0.05, 0.1) is 5.56 Å². The maximum atomic E-state index is 12.0. The van der Waals surface area contributed by atoms with Gasteiger partial charge in [-0.05, 0) is 29.7 Å². The van der Waals surface area contributed by atoms with Gasteiger partial charge in [0, 0.05) is 19.2 Å². The van der Waals surface area contributed by atoms with Gasteiger partial charge in [-0.1, -0.05) is 43.3 Å². The Balaban J connectivity index is 1.80. The zero-order valence-corrected chi connectivity index (χ0v) is 14.8. The molecular formula is C20H22N2O4. The molecule has 136 valence electrons. The summed E-state index contributed by atoms with van der Waals surface area (Å²) in [5.74, 6) is -1.06. The molecule has 0 spiro atoms. The summed E-state index contributed by atoms with van der Waals surface area (Å²) in [5.41, 5.74) is 1.88. The molecule has 1 atom stereocenters. The van der Waals surface area contributed by atoms with E-state index in [2.05, 4.69) is 10.6 Å². The van der Waals surface area contributed by atoms with E-state index in [1.165, 1.54) is 13.0 Å². The Kier molecular flexibility index (Phi) is 6.91. The van der Waals surface area contributed by atoms with E-state index in [9.17, 15) is 14.4 Å². The van der Waals surface area contributed by atoms with Crippen LogP contribution in [0.1, 0.15) is 35.7 Å². The van der Waals surface area contributed by atoms with E-state index in [4.69, 9.17) is 4.74 Å². The molecule has 0 radical (unpaired) electrons. The predicted octanol–water partition coefficient (Wildman–Crippen LogP) is 2.72. The van der Waals surface area contributed by atoms with E-state index < -0.39 is 5.97 Å². The van der Waals surface area contributed by atoms with Gasteiger partial charge in [0.2, 0.25) is 5.91 Å². The molecule has 0 heterocycles. The van der Waals surface area contributed by atoms with Crippen LogP contribution in [0.3, 0.4) is 0 Å². The van der Waals surface area contributed by atoms with Crippen molar-refractivity contribution < 1.29 is 19.1 Å². The first kappa shape index (κ1) is 19.2. The summed E-state index contributed by atoms with van der Waals surface area (Å²) in [6.45, 7) is 3.49. The fourth-order valence-corrected chi connectivity index (χ4v) is 2.36. The van der Waals surface area contributed by atoms with Crippen molar-refractivity contribution in [2.45, 2.75) is 19.8 Å². The number of hydrogen-bond acceptors (Lipinski definition) is 4. The topological polar surface area (TPSA) is 84.5 Å². The second kappa shape index (κ2) is 9.36. The van der Waals surface area contributed by atoms with Crippen LogP contribution in [0.25, 0.3) is 0 Å². The Labute approximate surface area is 152 Å². The number of hydrogen-bond donors (Lipinski definition) is 2. The van der Waals surface area contributed by atoms with Crippen LogP contribution in [0.2, 0.25) is 0 Å². The average molecular weight is 354 g/mol. The summed E-state index contributed by atoms with van der Waals surface area (Å²) in [5, 5.41) is 5.34. The highest BCUT2D eigenvalue weighted by atomic mass is 16.5. The monoisotopic (exact) mass is 354 g/mol. The number of amides is 2. The smallest absolute Gasteiger partial charge is 0.338 e. The van der Waals surface area contributed by atoms with Crippen LogP contribution in [0.4, 0.5) is 5.69 Å². The number of rotatable bonds is 7. The number of ether oxygens (including phenoxy) is 1. The van der Waals surface area contributed by atoms with Crippen LogP contribution in [-0.2, 0) is 14.3 Å². The Hall–Kier alpha value is -3.15. The fourth-order valence-electron chi connectivity index (χ4n) is 2.36. The molecule has 0 aliphatic rings. The highest BCUT2D eigenvalue weighted by Crippen LogP contribution is 2.13. The molecule has 26 heavy (non-hydrogen) atoms. The molecule has 0 bridgehead atoms. The molecule has 0 saturated carbocycles. The normalized spacial score (nSPS) is 11.3. The zero-order valence-electron chi connectivity index (χ0n) is 14.8. The minimum absolute atomic E-state index is 0.158. The number of nitrogens with one attached hydrogen (secondary N) is 2. The molecule has 0 aromatic heterocycles. The molecule has 0 saturated heterocycles. The minimum Gasteiger partial charge on any atom is -0.452 e. The highest BCUT2D eigenvalue weighted by molar-refractivity contribution is 5.94. The maximum absolute atomic E-state index is 12.0. The van der Waals surface area contributed by atoms with E-state index in [-0.39, 0.29) is 29.9 Å². The fraction of sp³-hybridized carbons (Fsp3) is 0.250. The molecule has 2 aromatic rings. The van der Waals surface area contributed by atoms with Crippen LogP contribution in [-0.4, -0.2) is 30.9 Å². The third-order valence-electron chi connectivity index (χ3n) is 3.73. The van der Waals surface area contributed by atoms with Gasteiger partial charge in [0.15, 0.2) is 6.61 Å². The third kappa shape index (κ3) is 6.05. The lowest BCUT2D eigenvalue weighted by Gasteiger charge is -2.13. The van der Waals surface area contributed by atoms with Gasteiger partial charge in [0.1, 0.15) is 0 Å². The first-order chi connectivity index (χ1) is 12.5. The minimum atomic E-state index is -0.622. The Bertz CT molecular complexity index is 774. The molecule has 6 heteroatoms. The second-order valence-electron chi connectivity index (χ2n) is 5.95. The summed E-state index contributed by atoms with van der Waals surface area (Å²) in [7, 11) is 0. The quantitative estimate of drug-likeness (QED) is 0.749. The molecule has 2 aromatic carbocycles. The van der Waals surface area contributed by atoms with E-state index in [0.29, 0.717) is 12.2 Å². The van der Waals surface area contributed by atoms with Crippen molar-refractivity contribution >= 4 is 23.5 Å². The average Bonchev–Trinajstić information content (AvgIpc) is 2.64. The molecular weight excluding hydrogens is 332 g/mol. The van der Waals surface area contributed by atoms with Crippen molar-refractivity contribution in [2.75, 3.05) is 18.5 Å². The van der Waals surface area contributed by atoms with Crippen molar-refractivity contribution in [1.82, 2.24) is 5.32 Å². The van der Waals surface area contributed by atoms with Gasteiger partial charge in [-0.3, -0.25) is 9.59 Å². The number of carbonyl (C=O) groups is 3. The van der Waals surface area contributed by atoms with E-state index >= 15 is 0 Å². The van der Waals surface area contributed by atoms with Crippen LogP contribution in [0.5, 0.6) is 0 Å². The molecule has 0 unspecified atom stereocenters. The molecule has 0 aliphatic heterocycles. The Morgan fingerprint density at radius 1 is 1.04 bits per heavy atom. The van der Waals surface area contributed by atoms with Gasteiger partial charge >= 0.3 is 5.97 Å². The summed E-state index contributed by atoms with van der Waals surface area (Å²) in [6.07, 6.45) is 0. The predicted molar refractivity (Wildman–Crippen MR) is 98.9 cm³/mol. The van der Waals surface area contributed by atoms with E-state index in [1.54, 1.807) is 18.2 Å². The Morgan fingerprint density at radius 3 is 2.46 bits per heavy atom. The van der Waals surface area contributed by atoms with E-state index in [0.717, 1.165) is 5.56 Å². The lowest BCUT2D eigenvalue weighted by Crippen LogP contribution is -2.31. The number of carbonyl (C=O) groups excluding carboxylic acids is 3. The summed E-state index contributed by atoms with van der Waals surface area (Å²) in [4.78, 5) is 35.0. The molecule has 2 rings (SSSR count). The van der Waals surface area contributed by atoms with Gasteiger partial charge < -0.3 is 15.4 Å². The van der Waals surface area contributed by atoms with Crippen LogP contribution >= 0.6 is 0 Å². The van der Waals surface area contributed by atoms with E-state index in [1.807, 2.05) is 37.3 Å². The molecule has 2 amide bonds. The standard InChI is InChI=1S/C20H22N2O4/c1-14(16-7-4-3-5-8-16)12-21-19(24)13-26-20(25)17-9-6-10-18(11-17)22-15(2)23/h3-11,14H,12-13H2,1-2H3,(H,21,24)(H,22,23)/t14-/m1/s1. The van der Waals surface area contributed by atoms with Crippen molar-refractivity contribution in [1.29, 1.82) is 0 Å². The van der Waals surface area contributed by atoms with Gasteiger partial charge in [-0.15, -0.1) is 0 Å². The lowest BCUT2D eigenvalue weighted by molar-refractivity contribution is -0.124. The largest absolute Gasteiger partial charge is 0.452 e.